The highest BCUT2D eigenvalue weighted by atomic mass is 16.5. The number of pyridine rings is 1. The van der Waals surface area contributed by atoms with Crippen LogP contribution in [0, 0.1) is 13.8 Å². The fourth-order valence-electron chi connectivity index (χ4n) is 3.27. The van der Waals surface area contributed by atoms with E-state index in [1.165, 1.54) is 0 Å². The van der Waals surface area contributed by atoms with Gasteiger partial charge >= 0.3 is 0 Å². The third kappa shape index (κ3) is 2.55. The summed E-state index contributed by atoms with van der Waals surface area (Å²) >= 11 is 0. The molecule has 0 aromatic carbocycles. The summed E-state index contributed by atoms with van der Waals surface area (Å²) in [6.07, 6.45) is 3.71. The Hall–Kier alpha value is -2.70. The van der Waals surface area contributed by atoms with Crippen LogP contribution in [0.2, 0.25) is 0 Å². The first-order valence-electron chi connectivity index (χ1n) is 8.16. The Balaban J connectivity index is 1.57. The van der Waals surface area contributed by atoms with Crippen LogP contribution in [0.4, 0.5) is 0 Å². The average Bonchev–Trinajstić information content (AvgIpc) is 3.21. The van der Waals surface area contributed by atoms with Gasteiger partial charge in [-0.15, -0.1) is 0 Å². The molecule has 4 rings (SSSR count). The molecular formula is C17H19N5O2. The van der Waals surface area contributed by atoms with Gasteiger partial charge in [-0.2, -0.15) is 4.98 Å². The zero-order valence-corrected chi connectivity index (χ0v) is 13.8. The highest BCUT2D eigenvalue weighted by molar-refractivity contribution is 5.93. The van der Waals surface area contributed by atoms with Gasteiger partial charge in [0.05, 0.1) is 0 Å². The van der Waals surface area contributed by atoms with Crippen LogP contribution < -0.4 is 0 Å². The molecule has 4 heterocycles. The second-order valence-electron chi connectivity index (χ2n) is 6.28. The molecular weight excluding hydrogens is 306 g/mol. The van der Waals surface area contributed by atoms with Crippen molar-refractivity contribution in [2.75, 3.05) is 13.1 Å². The van der Waals surface area contributed by atoms with E-state index in [-0.39, 0.29) is 11.8 Å². The van der Waals surface area contributed by atoms with Crippen molar-refractivity contribution in [2.45, 2.75) is 32.6 Å². The van der Waals surface area contributed by atoms with Gasteiger partial charge in [0, 0.05) is 37.8 Å². The number of amides is 1. The Bertz CT molecular complexity index is 897. The van der Waals surface area contributed by atoms with Crippen molar-refractivity contribution in [3.63, 3.8) is 0 Å². The Labute approximate surface area is 139 Å². The summed E-state index contributed by atoms with van der Waals surface area (Å²) in [5, 5.41) is 4.01. The maximum atomic E-state index is 12.8. The molecule has 0 aliphatic carbocycles. The van der Waals surface area contributed by atoms with Gasteiger partial charge in [0.1, 0.15) is 11.3 Å². The van der Waals surface area contributed by atoms with Crippen LogP contribution in [0.3, 0.4) is 0 Å². The van der Waals surface area contributed by atoms with Crippen LogP contribution in [-0.2, 0) is 0 Å². The second-order valence-corrected chi connectivity index (χ2v) is 6.28. The van der Waals surface area contributed by atoms with Crippen LogP contribution in [0.25, 0.3) is 5.65 Å². The van der Waals surface area contributed by atoms with Crippen LogP contribution in [0.15, 0.2) is 28.9 Å². The summed E-state index contributed by atoms with van der Waals surface area (Å²) in [6.45, 7) is 5.11. The van der Waals surface area contributed by atoms with E-state index in [4.69, 9.17) is 4.52 Å². The monoisotopic (exact) mass is 325 g/mol. The number of aromatic nitrogens is 4. The van der Waals surface area contributed by atoms with Crippen molar-refractivity contribution in [3.8, 4) is 0 Å². The fraction of sp³-hybridized carbons (Fsp3) is 0.412. The lowest BCUT2D eigenvalue weighted by Gasteiger charge is -2.30. The van der Waals surface area contributed by atoms with E-state index in [9.17, 15) is 4.79 Å². The molecule has 0 spiro atoms. The molecule has 7 heteroatoms. The van der Waals surface area contributed by atoms with E-state index < -0.39 is 0 Å². The van der Waals surface area contributed by atoms with Gasteiger partial charge < -0.3 is 13.8 Å². The minimum absolute atomic E-state index is 0.0389. The molecule has 24 heavy (non-hydrogen) atoms. The Kier molecular flexibility index (Phi) is 3.55. The van der Waals surface area contributed by atoms with Crippen molar-refractivity contribution in [1.82, 2.24) is 24.4 Å². The molecule has 1 amide bonds. The number of fused-ring (bicyclic) bond motifs is 1. The van der Waals surface area contributed by atoms with Crippen LogP contribution in [-0.4, -0.2) is 43.4 Å². The average molecular weight is 325 g/mol. The zero-order valence-electron chi connectivity index (χ0n) is 13.8. The number of imidazole rings is 1. The number of hydrogen-bond acceptors (Lipinski definition) is 5. The van der Waals surface area contributed by atoms with Crippen molar-refractivity contribution in [2.24, 2.45) is 0 Å². The maximum Gasteiger partial charge on any atom is 0.274 e. The molecule has 3 aromatic rings. The lowest BCUT2D eigenvalue weighted by atomic mass is 9.97. The zero-order chi connectivity index (χ0) is 16.7. The standard InChI is InChI=1S/C17H19N5O2/c1-11-5-3-7-15-19-14(10-22(11)15)17(23)21-8-4-6-13(9-21)16-18-12(2)24-20-16/h3,5,7,10,13H,4,6,8-9H2,1-2H3/t13-/m1/s1. The predicted octanol–water partition coefficient (Wildman–Crippen LogP) is 2.35. The molecule has 0 radical (unpaired) electrons. The number of carbonyl (C=O) groups excluding carboxylic acids is 1. The molecule has 3 aromatic heterocycles. The third-order valence-electron chi connectivity index (χ3n) is 4.53. The second kappa shape index (κ2) is 5.74. The van der Waals surface area contributed by atoms with Gasteiger partial charge in [0.25, 0.3) is 5.91 Å². The molecule has 1 aliphatic rings. The lowest BCUT2D eigenvalue weighted by molar-refractivity contribution is 0.0698. The molecule has 0 N–H and O–H groups in total. The van der Waals surface area contributed by atoms with Crippen LogP contribution in [0.1, 0.15) is 46.7 Å². The molecule has 1 atom stereocenters. The summed E-state index contributed by atoms with van der Waals surface area (Å²) in [7, 11) is 0. The molecule has 0 saturated carbocycles. The summed E-state index contributed by atoms with van der Waals surface area (Å²) < 4.78 is 7.01. The van der Waals surface area contributed by atoms with Gasteiger partial charge in [-0.3, -0.25) is 4.79 Å². The quantitative estimate of drug-likeness (QED) is 0.723. The number of rotatable bonds is 2. The highest BCUT2D eigenvalue weighted by Gasteiger charge is 2.29. The van der Waals surface area contributed by atoms with E-state index in [0.717, 1.165) is 30.7 Å². The molecule has 1 saturated heterocycles. The number of aryl methyl sites for hydroxylation is 2. The lowest BCUT2D eigenvalue weighted by Crippen LogP contribution is -2.39. The van der Waals surface area contributed by atoms with Crippen LogP contribution >= 0.6 is 0 Å². The summed E-state index contributed by atoms with van der Waals surface area (Å²) in [5.41, 5.74) is 2.33. The molecule has 7 nitrogen and oxygen atoms in total. The van der Waals surface area contributed by atoms with E-state index in [1.54, 1.807) is 6.92 Å². The van der Waals surface area contributed by atoms with E-state index in [0.29, 0.717) is 24.0 Å². The minimum atomic E-state index is -0.0389. The van der Waals surface area contributed by atoms with Crippen molar-refractivity contribution >= 4 is 11.6 Å². The summed E-state index contributed by atoms with van der Waals surface area (Å²) in [6, 6.07) is 5.85. The van der Waals surface area contributed by atoms with Crippen molar-refractivity contribution in [1.29, 1.82) is 0 Å². The normalized spacial score (nSPS) is 18.2. The van der Waals surface area contributed by atoms with Gasteiger partial charge in [0.15, 0.2) is 5.82 Å². The van der Waals surface area contributed by atoms with Gasteiger partial charge in [-0.25, -0.2) is 4.98 Å². The summed E-state index contributed by atoms with van der Waals surface area (Å²) in [5.74, 6) is 1.34. The molecule has 1 aliphatic heterocycles. The van der Waals surface area contributed by atoms with Gasteiger partial charge in [0.2, 0.25) is 5.89 Å². The number of hydrogen-bond donors (Lipinski definition) is 0. The Morgan fingerprint density at radius 1 is 1.29 bits per heavy atom. The number of nitrogens with zero attached hydrogens (tertiary/aromatic N) is 5. The first-order valence-corrected chi connectivity index (χ1v) is 8.16. The van der Waals surface area contributed by atoms with Gasteiger partial charge in [-0.1, -0.05) is 11.2 Å². The number of likely N-dealkylation sites (tertiary alicyclic amines) is 1. The topological polar surface area (TPSA) is 76.5 Å². The fourth-order valence-corrected chi connectivity index (χ4v) is 3.27. The summed E-state index contributed by atoms with van der Waals surface area (Å²) in [4.78, 5) is 23.5. The van der Waals surface area contributed by atoms with E-state index in [1.807, 2.05) is 40.6 Å². The van der Waals surface area contributed by atoms with E-state index in [2.05, 4.69) is 15.1 Å². The smallest absolute Gasteiger partial charge is 0.274 e. The third-order valence-corrected chi connectivity index (χ3v) is 4.53. The molecule has 0 bridgehead atoms. The van der Waals surface area contributed by atoms with E-state index >= 15 is 0 Å². The first kappa shape index (κ1) is 14.9. The highest BCUT2D eigenvalue weighted by Crippen LogP contribution is 2.26. The van der Waals surface area contributed by atoms with Crippen molar-refractivity contribution < 1.29 is 9.32 Å². The van der Waals surface area contributed by atoms with Crippen molar-refractivity contribution in [3.05, 3.63) is 47.5 Å². The minimum Gasteiger partial charge on any atom is -0.340 e. The molecule has 124 valence electrons. The maximum absolute atomic E-state index is 12.8. The Morgan fingerprint density at radius 3 is 2.92 bits per heavy atom. The first-order chi connectivity index (χ1) is 11.6. The Morgan fingerprint density at radius 2 is 2.17 bits per heavy atom. The molecule has 1 fully saturated rings. The number of carbonyl (C=O) groups is 1. The predicted molar refractivity (Wildman–Crippen MR) is 86.8 cm³/mol. The number of piperidine rings is 1. The SMILES string of the molecule is Cc1nc([C@@H]2CCCN(C(=O)c3cn4c(C)cccc4n3)C2)no1. The van der Waals surface area contributed by atoms with Crippen LogP contribution in [0.5, 0.6) is 0 Å². The molecule has 0 unspecified atom stereocenters. The largest absolute Gasteiger partial charge is 0.340 e. The van der Waals surface area contributed by atoms with Gasteiger partial charge in [-0.05, 0) is 31.9 Å².